The van der Waals surface area contributed by atoms with Gasteiger partial charge in [-0.05, 0) is 71.2 Å². The zero-order valence-corrected chi connectivity index (χ0v) is 13.6. The molecule has 0 radical (unpaired) electrons. The Labute approximate surface area is 128 Å². The molecule has 2 unspecified atom stereocenters. The Balaban J connectivity index is 1.79. The minimum absolute atomic E-state index is 0.133. The number of likely N-dealkylation sites (tertiary alicyclic amines) is 1. The Hall–Kier alpha value is -0.650. The van der Waals surface area contributed by atoms with E-state index < -0.39 is 11.5 Å². The van der Waals surface area contributed by atoms with Gasteiger partial charge in [-0.2, -0.15) is 0 Å². The van der Waals surface area contributed by atoms with E-state index in [1.165, 1.54) is 25.9 Å². The van der Waals surface area contributed by atoms with Gasteiger partial charge in [0.05, 0.1) is 0 Å². The summed E-state index contributed by atoms with van der Waals surface area (Å²) in [7, 11) is 2.18. The van der Waals surface area contributed by atoms with E-state index in [0.717, 1.165) is 32.4 Å². The second kappa shape index (κ2) is 7.07. The maximum absolute atomic E-state index is 11.4. The molecule has 0 aromatic heterocycles. The predicted molar refractivity (Wildman–Crippen MR) is 84.3 cm³/mol. The van der Waals surface area contributed by atoms with E-state index in [2.05, 4.69) is 23.8 Å². The summed E-state index contributed by atoms with van der Waals surface area (Å²) in [5, 5.41) is 9.37. The fourth-order valence-electron chi connectivity index (χ4n) is 4.00. The number of carboxylic acid groups (broad SMARTS) is 1. The molecule has 1 saturated heterocycles. The molecule has 0 bridgehead atoms. The third-order valence-electron chi connectivity index (χ3n) is 5.73. The lowest BCUT2D eigenvalue weighted by Gasteiger charge is -2.37. The molecular weight excluding hydrogens is 266 g/mol. The smallest absolute Gasteiger partial charge is 0.323 e. The molecule has 2 fully saturated rings. The van der Waals surface area contributed by atoms with Crippen molar-refractivity contribution in [2.24, 2.45) is 11.7 Å². The summed E-state index contributed by atoms with van der Waals surface area (Å²) < 4.78 is 0. The molecule has 1 aliphatic heterocycles. The van der Waals surface area contributed by atoms with Crippen molar-refractivity contribution in [1.82, 2.24) is 9.80 Å². The van der Waals surface area contributed by atoms with Gasteiger partial charge < -0.3 is 20.6 Å². The number of carboxylic acids is 1. The van der Waals surface area contributed by atoms with Crippen LogP contribution in [0, 0.1) is 5.92 Å². The molecule has 0 spiro atoms. The number of nitrogens with two attached hydrogens (primary N) is 1. The highest BCUT2D eigenvalue weighted by molar-refractivity contribution is 5.79. The molecule has 5 heteroatoms. The van der Waals surface area contributed by atoms with Gasteiger partial charge >= 0.3 is 5.97 Å². The summed E-state index contributed by atoms with van der Waals surface area (Å²) in [5.41, 5.74) is 5.14. The van der Waals surface area contributed by atoms with E-state index in [9.17, 15) is 9.90 Å². The number of piperidine rings is 1. The molecular formula is C16H31N3O2. The first-order chi connectivity index (χ1) is 9.97. The van der Waals surface area contributed by atoms with E-state index in [4.69, 9.17) is 5.73 Å². The number of hydrogen-bond donors (Lipinski definition) is 2. The van der Waals surface area contributed by atoms with Crippen LogP contribution in [-0.4, -0.2) is 65.7 Å². The van der Waals surface area contributed by atoms with Crippen LogP contribution in [0.25, 0.3) is 0 Å². The molecule has 1 saturated carbocycles. The van der Waals surface area contributed by atoms with Crippen LogP contribution < -0.4 is 5.73 Å². The molecule has 0 aromatic rings. The molecule has 2 atom stereocenters. The summed E-state index contributed by atoms with van der Waals surface area (Å²) in [5.74, 6) is -0.683. The highest BCUT2D eigenvalue weighted by atomic mass is 16.4. The molecule has 0 aromatic carbocycles. The number of rotatable bonds is 6. The average Bonchev–Trinajstić information content (AvgIpc) is 2.87. The second-order valence-electron chi connectivity index (χ2n) is 6.87. The third-order valence-corrected chi connectivity index (χ3v) is 5.73. The minimum Gasteiger partial charge on any atom is -0.480 e. The molecule has 2 aliphatic rings. The highest BCUT2D eigenvalue weighted by Crippen LogP contribution is 2.36. The number of carbonyl (C=O) groups is 1. The molecule has 1 heterocycles. The van der Waals surface area contributed by atoms with Gasteiger partial charge in [-0.3, -0.25) is 4.79 Å². The molecule has 0 amide bonds. The Bertz CT molecular complexity index is 355. The fraction of sp³-hybridized carbons (Fsp3) is 0.938. The topological polar surface area (TPSA) is 69.8 Å². The quantitative estimate of drug-likeness (QED) is 0.775. The van der Waals surface area contributed by atoms with Crippen molar-refractivity contribution in [3.8, 4) is 0 Å². The zero-order valence-electron chi connectivity index (χ0n) is 13.6. The van der Waals surface area contributed by atoms with E-state index >= 15 is 0 Å². The van der Waals surface area contributed by atoms with Crippen molar-refractivity contribution < 1.29 is 9.90 Å². The van der Waals surface area contributed by atoms with Crippen LogP contribution in [0.1, 0.15) is 45.4 Å². The van der Waals surface area contributed by atoms with E-state index in [1.807, 2.05) is 0 Å². The summed E-state index contributed by atoms with van der Waals surface area (Å²) in [6.45, 7) is 6.70. The lowest BCUT2D eigenvalue weighted by molar-refractivity contribution is -0.144. The lowest BCUT2D eigenvalue weighted by atomic mass is 9.85. The molecule has 122 valence electrons. The van der Waals surface area contributed by atoms with Crippen LogP contribution in [0.3, 0.4) is 0 Å². The predicted octanol–water partition coefficient (Wildman–Crippen LogP) is 1.37. The van der Waals surface area contributed by atoms with Crippen molar-refractivity contribution in [2.45, 2.75) is 57.0 Å². The summed E-state index contributed by atoms with van der Waals surface area (Å²) >= 11 is 0. The standard InChI is InChI=1S/C16H31N3O2/c1-3-19-11-7-14(8-12-19)18(2)10-6-13-5-4-9-16(13,17)15(20)21/h13-14H,3-12,17H2,1-2H3,(H,20,21). The normalized spacial score (nSPS) is 31.9. The van der Waals surface area contributed by atoms with Gasteiger partial charge in [0.1, 0.15) is 5.54 Å². The first-order valence-electron chi connectivity index (χ1n) is 8.42. The van der Waals surface area contributed by atoms with Gasteiger partial charge in [0.15, 0.2) is 0 Å². The molecule has 1 aliphatic carbocycles. The Morgan fingerprint density at radius 3 is 2.62 bits per heavy atom. The number of aliphatic carboxylic acids is 1. The Morgan fingerprint density at radius 2 is 2.05 bits per heavy atom. The van der Waals surface area contributed by atoms with Crippen molar-refractivity contribution in [2.75, 3.05) is 33.2 Å². The minimum atomic E-state index is -0.980. The van der Waals surface area contributed by atoms with Crippen LogP contribution in [0.4, 0.5) is 0 Å². The van der Waals surface area contributed by atoms with Crippen molar-refractivity contribution in [3.63, 3.8) is 0 Å². The zero-order chi connectivity index (χ0) is 15.5. The first-order valence-corrected chi connectivity index (χ1v) is 8.42. The summed E-state index contributed by atoms with van der Waals surface area (Å²) in [6, 6.07) is 0.645. The van der Waals surface area contributed by atoms with Crippen molar-refractivity contribution in [1.29, 1.82) is 0 Å². The fourth-order valence-corrected chi connectivity index (χ4v) is 4.00. The second-order valence-corrected chi connectivity index (χ2v) is 6.87. The van der Waals surface area contributed by atoms with E-state index in [-0.39, 0.29) is 5.92 Å². The maximum atomic E-state index is 11.4. The number of hydrogen-bond acceptors (Lipinski definition) is 4. The van der Waals surface area contributed by atoms with Crippen molar-refractivity contribution >= 4 is 5.97 Å². The molecule has 5 nitrogen and oxygen atoms in total. The van der Waals surface area contributed by atoms with Gasteiger partial charge in [0.25, 0.3) is 0 Å². The van der Waals surface area contributed by atoms with E-state index in [0.29, 0.717) is 12.5 Å². The van der Waals surface area contributed by atoms with Gasteiger partial charge in [0.2, 0.25) is 0 Å². The summed E-state index contributed by atoms with van der Waals surface area (Å²) in [6.07, 6.45) is 5.90. The molecule has 3 N–H and O–H groups in total. The third kappa shape index (κ3) is 3.76. The van der Waals surface area contributed by atoms with Crippen LogP contribution in [0.5, 0.6) is 0 Å². The van der Waals surface area contributed by atoms with Crippen LogP contribution in [0.2, 0.25) is 0 Å². The SMILES string of the molecule is CCN1CCC(N(C)CCC2CCCC2(N)C(=O)O)CC1. The maximum Gasteiger partial charge on any atom is 0.323 e. The largest absolute Gasteiger partial charge is 0.480 e. The number of nitrogens with zero attached hydrogens (tertiary/aromatic N) is 2. The van der Waals surface area contributed by atoms with Gasteiger partial charge in [-0.1, -0.05) is 13.3 Å². The van der Waals surface area contributed by atoms with Gasteiger partial charge in [-0.15, -0.1) is 0 Å². The van der Waals surface area contributed by atoms with Crippen LogP contribution in [0.15, 0.2) is 0 Å². The van der Waals surface area contributed by atoms with Crippen LogP contribution >= 0.6 is 0 Å². The molecule has 21 heavy (non-hydrogen) atoms. The molecule has 2 rings (SSSR count). The highest BCUT2D eigenvalue weighted by Gasteiger charge is 2.45. The van der Waals surface area contributed by atoms with Gasteiger partial charge in [0, 0.05) is 6.04 Å². The summed E-state index contributed by atoms with van der Waals surface area (Å²) in [4.78, 5) is 16.3. The van der Waals surface area contributed by atoms with Crippen molar-refractivity contribution in [3.05, 3.63) is 0 Å². The first kappa shape index (κ1) is 16.7. The lowest BCUT2D eigenvalue weighted by Crippen LogP contribution is -2.52. The Kier molecular flexibility index (Phi) is 5.63. The van der Waals surface area contributed by atoms with Crippen LogP contribution in [-0.2, 0) is 4.79 Å². The Morgan fingerprint density at radius 1 is 1.38 bits per heavy atom. The van der Waals surface area contributed by atoms with Gasteiger partial charge in [-0.25, -0.2) is 0 Å². The van der Waals surface area contributed by atoms with E-state index in [1.54, 1.807) is 0 Å². The monoisotopic (exact) mass is 297 g/mol. The average molecular weight is 297 g/mol.